The molecule has 1 unspecified atom stereocenters. The van der Waals surface area contributed by atoms with Crippen LogP contribution in [0.1, 0.15) is 33.6 Å². The summed E-state index contributed by atoms with van der Waals surface area (Å²) in [5.41, 5.74) is 0. The van der Waals surface area contributed by atoms with E-state index in [2.05, 4.69) is 31.0 Å². The topological polar surface area (TPSA) is 72.9 Å². The Kier molecular flexibility index (Phi) is 6.78. The number of carboxylic acid groups (broad SMARTS) is 1. The molecule has 1 rings (SSSR count). The van der Waals surface area contributed by atoms with E-state index < -0.39 is 5.97 Å². The van der Waals surface area contributed by atoms with Crippen molar-refractivity contribution in [2.75, 3.05) is 32.7 Å². The lowest BCUT2D eigenvalue weighted by Crippen LogP contribution is -2.54. The number of carbonyl (C=O) groups is 2. The molecule has 1 fully saturated rings. The third-order valence-corrected chi connectivity index (χ3v) is 3.85. The number of nitrogens with zero attached hydrogens (tertiary/aromatic N) is 2. The minimum atomic E-state index is -0.770. The number of hydrogen-bond acceptors (Lipinski definition) is 3. The number of rotatable bonds is 6. The third kappa shape index (κ3) is 5.36. The molecule has 6 heteroatoms. The first kappa shape index (κ1) is 16.8. The molecule has 116 valence electrons. The molecule has 0 bridgehead atoms. The van der Waals surface area contributed by atoms with Crippen molar-refractivity contribution in [2.45, 2.75) is 39.7 Å². The average molecular weight is 285 g/mol. The highest BCUT2D eigenvalue weighted by Crippen LogP contribution is 2.08. The number of piperazine rings is 1. The molecule has 0 aliphatic carbocycles. The molecule has 0 saturated carbocycles. The van der Waals surface area contributed by atoms with Gasteiger partial charge in [0.05, 0.1) is 6.42 Å². The van der Waals surface area contributed by atoms with Crippen LogP contribution in [0.5, 0.6) is 0 Å². The van der Waals surface area contributed by atoms with Gasteiger partial charge >= 0.3 is 12.0 Å². The van der Waals surface area contributed by atoms with Crippen LogP contribution in [0.15, 0.2) is 0 Å². The van der Waals surface area contributed by atoms with Crippen molar-refractivity contribution in [1.29, 1.82) is 0 Å². The van der Waals surface area contributed by atoms with E-state index >= 15 is 0 Å². The fraction of sp³-hybridized carbons (Fsp3) is 0.857. The van der Waals surface area contributed by atoms with Gasteiger partial charge < -0.3 is 15.3 Å². The summed E-state index contributed by atoms with van der Waals surface area (Å²) in [6.07, 6.45) is 1.10. The van der Waals surface area contributed by atoms with Crippen molar-refractivity contribution in [2.24, 2.45) is 5.92 Å². The lowest BCUT2D eigenvalue weighted by Gasteiger charge is -2.35. The predicted molar refractivity (Wildman–Crippen MR) is 77.7 cm³/mol. The largest absolute Gasteiger partial charge is 0.481 e. The fourth-order valence-corrected chi connectivity index (χ4v) is 2.42. The van der Waals surface area contributed by atoms with Gasteiger partial charge in [-0.25, -0.2) is 4.79 Å². The number of urea groups is 1. The summed E-state index contributed by atoms with van der Waals surface area (Å²) < 4.78 is 0. The maximum atomic E-state index is 12.1. The van der Waals surface area contributed by atoms with Gasteiger partial charge in [0.25, 0.3) is 0 Å². The standard InChI is InChI=1S/C14H27N3O3/c1-4-12(11(2)3)15-14(20)17-9-7-16(8-10-17)6-5-13(18)19/h11-12H,4-10H2,1-3H3,(H,15,20)(H,18,19). The van der Waals surface area contributed by atoms with E-state index in [1.807, 2.05) is 4.90 Å². The summed E-state index contributed by atoms with van der Waals surface area (Å²) in [5, 5.41) is 11.7. The quantitative estimate of drug-likeness (QED) is 0.769. The van der Waals surface area contributed by atoms with Gasteiger partial charge in [-0.05, 0) is 12.3 Å². The molecule has 0 aromatic carbocycles. The zero-order chi connectivity index (χ0) is 15.1. The van der Waals surface area contributed by atoms with Crippen LogP contribution in [0.2, 0.25) is 0 Å². The molecular weight excluding hydrogens is 258 g/mol. The smallest absolute Gasteiger partial charge is 0.317 e. The second-order valence-electron chi connectivity index (χ2n) is 5.68. The molecule has 1 saturated heterocycles. The van der Waals surface area contributed by atoms with Gasteiger partial charge in [-0.1, -0.05) is 20.8 Å². The molecule has 0 spiro atoms. The second-order valence-corrected chi connectivity index (χ2v) is 5.68. The molecule has 2 N–H and O–H groups in total. The number of carboxylic acids is 1. The molecular formula is C14H27N3O3. The summed E-state index contributed by atoms with van der Waals surface area (Å²) in [7, 11) is 0. The monoisotopic (exact) mass is 285 g/mol. The van der Waals surface area contributed by atoms with Crippen molar-refractivity contribution in [3.05, 3.63) is 0 Å². The van der Waals surface area contributed by atoms with E-state index in [0.717, 1.165) is 19.5 Å². The molecule has 1 aliphatic heterocycles. The molecule has 1 heterocycles. The zero-order valence-electron chi connectivity index (χ0n) is 12.8. The Labute approximate surface area is 121 Å². The molecule has 0 radical (unpaired) electrons. The molecule has 20 heavy (non-hydrogen) atoms. The summed E-state index contributed by atoms with van der Waals surface area (Å²) in [6.45, 7) is 9.69. The third-order valence-electron chi connectivity index (χ3n) is 3.85. The van der Waals surface area contributed by atoms with E-state index in [-0.39, 0.29) is 18.5 Å². The van der Waals surface area contributed by atoms with Crippen LogP contribution >= 0.6 is 0 Å². The molecule has 2 amide bonds. The molecule has 1 aliphatic rings. The van der Waals surface area contributed by atoms with E-state index in [1.165, 1.54) is 0 Å². The fourth-order valence-electron chi connectivity index (χ4n) is 2.42. The molecule has 1 atom stereocenters. The van der Waals surface area contributed by atoms with Crippen LogP contribution < -0.4 is 5.32 Å². The van der Waals surface area contributed by atoms with Gasteiger partial charge in [0.2, 0.25) is 0 Å². The lowest BCUT2D eigenvalue weighted by atomic mass is 10.0. The predicted octanol–water partition coefficient (Wildman–Crippen LogP) is 1.22. The van der Waals surface area contributed by atoms with Gasteiger partial charge in [0.15, 0.2) is 0 Å². The number of aliphatic carboxylic acids is 1. The van der Waals surface area contributed by atoms with Crippen LogP contribution in [0, 0.1) is 5.92 Å². The number of nitrogens with one attached hydrogen (secondary N) is 1. The Hall–Kier alpha value is -1.30. The van der Waals surface area contributed by atoms with E-state index in [9.17, 15) is 9.59 Å². The summed E-state index contributed by atoms with van der Waals surface area (Å²) in [5.74, 6) is -0.339. The number of amides is 2. The van der Waals surface area contributed by atoms with Crippen LogP contribution in [-0.2, 0) is 4.79 Å². The van der Waals surface area contributed by atoms with Crippen molar-refractivity contribution in [3.63, 3.8) is 0 Å². The van der Waals surface area contributed by atoms with Crippen LogP contribution in [0.25, 0.3) is 0 Å². The highest BCUT2D eigenvalue weighted by Gasteiger charge is 2.23. The molecule has 6 nitrogen and oxygen atoms in total. The van der Waals surface area contributed by atoms with Crippen molar-refractivity contribution in [3.8, 4) is 0 Å². The van der Waals surface area contributed by atoms with E-state index in [4.69, 9.17) is 5.11 Å². The van der Waals surface area contributed by atoms with Gasteiger partial charge in [-0.15, -0.1) is 0 Å². The Morgan fingerprint density at radius 3 is 2.25 bits per heavy atom. The Bertz CT molecular complexity index is 326. The Morgan fingerprint density at radius 2 is 1.80 bits per heavy atom. The number of carbonyl (C=O) groups excluding carboxylic acids is 1. The zero-order valence-corrected chi connectivity index (χ0v) is 12.8. The lowest BCUT2D eigenvalue weighted by molar-refractivity contribution is -0.137. The summed E-state index contributed by atoms with van der Waals surface area (Å²) in [4.78, 5) is 26.6. The van der Waals surface area contributed by atoms with Crippen molar-refractivity contribution in [1.82, 2.24) is 15.1 Å². The Balaban J connectivity index is 2.33. The first-order valence-electron chi connectivity index (χ1n) is 7.43. The first-order valence-corrected chi connectivity index (χ1v) is 7.43. The second kappa shape index (κ2) is 8.09. The highest BCUT2D eigenvalue weighted by atomic mass is 16.4. The maximum absolute atomic E-state index is 12.1. The van der Waals surface area contributed by atoms with Crippen LogP contribution in [-0.4, -0.2) is 65.7 Å². The van der Waals surface area contributed by atoms with Crippen LogP contribution in [0.4, 0.5) is 4.79 Å². The molecule has 0 aromatic heterocycles. The minimum absolute atomic E-state index is 0.00318. The summed E-state index contributed by atoms with van der Waals surface area (Å²) in [6, 6.07) is 0.218. The SMILES string of the molecule is CCC(NC(=O)N1CCN(CCC(=O)O)CC1)C(C)C. The average Bonchev–Trinajstić information content (AvgIpc) is 2.42. The van der Waals surface area contributed by atoms with Crippen molar-refractivity contribution >= 4 is 12.0 Å². The molecule has 0 aromatic rings. The van der Waals surface area contributed by atoms with E-state index in [0.29, 0.717) is 25.6 Å². The van der Waals surface area contributed by atoms with E-state index in [1.54, 1.807) is 0 Å². The highest BCUT2D eigenvalue weighted by molar-refractivity contribution is 5.74. The Morgan fingerprint density at radius 1 is 1.20 bits per heavy atom. The van der Waals surface area contributed by atoms with Crippen LogP contribution in [0.3, 0.4) is 0 Å². The normalized spacial score (nSPS) is 18.1. The van der Waals surface area contributed by atoms with Gasteiger partial charge in [0, 0.05) is 38.8 Å². The van der Waals surface area contributed by atoms with Gasteiger partial charge in [0.1, 0.15) is 0 Å². The minimum Gasteiger partial charge on any atom is -0.481 e. The van der Waals surface area contributed by atoms with Crippen molar-refractivity contribution < 1.29 is 14.7 Å². The number of hydrogen-bond donors (Lipinski definition) is 2. The summed E-state index contributed by atoms with van der Waals surface area (Å²) >= 11 is 0. The first-order chi connectivity index (χ1) is 9.43. The van der Waals surface area contributed by atoms with Gasteiger partial charge in [-0.3, -0.25) is 9.69 Å². The maximum Gasteiger partial charge on any atom is 0.317 e. The van der Waals surface area contributed by atoms with Gasteiger partial charge in [-0.2, -0.15) is 0 Å².